The standard InChI is InChI=1S/C18H25BO4/c1-7-21-16(20)11-9-14-8-10-15(13(2)12-14)19-22-17(3,4)18(5,6)23-19/h8-12H,7H2,1-6H3/b11-9+. The summed E-state index contributed by atoms with van der Waals surface area (Å²) in [5.41, 5.74) is 2.31. The topological polar surface area (TPSA) is 44.8 Å². The van der Waals surface area contributed by atoms with Crippen LogP contribution in [-0.4, -0.2) is 30.9 Å². The molecule has 4 nitrogen and oxygen atoms in total. The fourth-order valence-corrected chi connectivity index (χ4v) is 2.39. The first-order valence-electron chi connectivity index (χ1n) is 7.97. The number of ether oxygens (including phenoxy) is 1. The second-order valence-corrected chi connectivity index (χ2v) is 6.79. The number of benzene rings is 1. The molecule has 0 aliphatic carbocycles. The van der Waals surface area contributed by atoms with Crippen LogP contribution in [-0.2, 0) is 18.8 Å². The Bertz CT molecular complexity index is 603. The molecule has 0 spiro atoms. The minimum atomic E-state index is -0.372. The Morgan fingerprint density at radius 3 is 2.35 bits per heavy atom. The van der Waals surface area contributed by atoms with Crippen LogP contribution in [0, 0.1) is 6.92 Å². The van der Waals surface area contributed by atoms with Gasteiger partial charge >= 0.3 is 13.1 Å². The van der Waals surface area contributed by atoms with Gasteiger partial charge in [-0.25, -0.2) is 4.79 Å². The third kappa shape index (κ3) is 3.85. The highest BCUT2D eigenvalue weighted by molar-refractivity contribution is 6.62. The average Bonchev–Trinajstić information content (AvgIpc) is 2.65. The van der Waals surface area contributed by atoms with Gasteiger partial charge in [0.2, 0.25) is 0 Å². The van der Waals surface area contributed by atoms with Gasteiger partial charge in [-0.3, -0.25) is 0 Å². The van der Waals surface area contributed by atoms with Crippen LogP contribution in [0.25, 0.3) is 6.08 Å². The summed E-state index contributed by atoms with van der Waals surface area (Å²) in [6.07, 6.45) is 3.19. The van der Waals surface area contributed by atoms with Crippen LogP contribution in [0.2, 0.25) is 0 Å². The van der Waals surface area contributed by atoms with Crippen molar-refractivity contribution in [1.29, 1.82) is 0 Å². The van der Waals surface area contributed by atoms with E-state index >= 15 is 0 Å². The predicted octanol–water partition coefficient (Wildman–Crippen LogP) is 2.87. The highest BCUT2D eigenvalue weighted by atomic mass is 16.7. The fourth-order valence-electron chi connectivity index (χ4n) is 2.39. The Morgan fingerprint density at radius 2 is 1.83 bits per heavy atom. The largest absolute Gasteiger partial charge is 0.495 e. The van der Waals surface area contributed by atoms with Crippen molar-refractivity contribution < 1.29 is 18.8 Å². The molecule has 0 amide bonds. The third-order valence-electron chi connectivity index (χ3n) is 4.50. The summed E-state index contributed by atoms with van der Waals surface area (Å²) in [6.45, 7) is 12.3. The number of aryl methyl sites for hydroxylation is 1. The van der Waals surface area contributed by atoms with Crippen LogP contribution >= 0.6 is 0 Å². The molecule has 0 saturated carbocycles. The van der Waals surface area contributed by atoms with Crippen LogP contribution in [0.3, 0.4) is 0 Å². The Labute approximate surface area is 139 Å². The lowest BCUT2D eigenvalue weighted by molar-refractivity contribution is -0.137. The minimum Gasteiger partial charge on any atom is -0.463 e. The highest BCUT2D eigenvalue weighted by Crippen LogP contribution is 2.36. The zero-order valence-electron chi connectivity index (χ0n) is 14.8. The quantitative estimate of drug-likeness (QED) is 0.487. The molecule has 1 aliphatic heterocycles. The fraction of sp³-hybridized carbons (Fsp3) is 0.500. The maximum absolute atomic E-state index is 11.4. The summed E-state index contributed by atoms with van der Waals surface area (Å²) in [4.78, 5) is 11.4. The maximum Gasteiger partial charge on any atom is 0.495 e. The molecule has 1 heterocycles. The van der Waals surface area contributed by atoms with Crippen molar-refractivity contribution >= 4 is 24.6 Å². The monoisotopic (exact) mass is 316 g/mol. The molecular formula is C18H25BO4. The molecule has 1 aromatic carbocycles. The van der Waals surface area contributed by atoms with Crippen molar-refractivity contribution in [2.24, 2.45) is 0 Å². The first kappa shape index (κ1) is 17.8. The highest BCUT2D eigenvalue weighted by Gasteiger charge is 2.51. The smallest absolute Gasteiger partial charge is 0.463 e. The number of carbonyl (C=O) groups is 1. The summed E-state index contributed by atoms with van der Waals surface area (Å²) < 4.78 is 17.1. The van der Waals surface area contributed by atoms with Crippen LogP contribution in [0.15, 0.2) is 24.3 Å². The third-order valence-corrected chi connectivity index (χ3v) is 4.50. The van der Waals surface area contributed by atoms with Crippen LogP contribution in [0.5, 0.6) is 0 Å². The van der Waals surface area contributed by atoms with E-state index in [1.54, 1.807) is 13.0 Å². The molecule has 0 atom stereocenters. The van der Waals surface area contributed by atoms with Gasteiger partial charge in [0, 0.05) is 6.08 Å². The molecular weight excluding hydrogens is 291 g/mol. The molecule has 0 unspecified atom stereocenters. The molecule has 124 valence electrons. The molecule has 1 aromatic rings. The first-order chi connectivity index (χ1) is 10.7. The van der Waals surface area contributed by atoms with Gasteiger partial charge in [-0.05, 0) is 58.6 Å². The second kappa shape index (κ2) is 6.50. The summed E-state index contributed by atoms with van der Waals surface area (Å²) in [5.74, 6) is -0.333. The second-order valence-electron chi connectivity index (χ2n) is 6.79. The number of carbonyl (C=O) groups excluding carboxylic acids is 1. The maximum atomic E-state index is 11.4. The molecule has 2 rings (SSSR count). The molecule has 1 saturated heterocycles. The zero-order chi connectivity index (χ0) is 17.3. The van der Waals surface area contributed by atoms with E-state index in [1.165, 1.54) is 6.08 Å². The number of hydrogen-bond acceptors (Lipinski definition) is 4. The zero-order valence-corrected chi connectivity index (χ0v) is 14.8. The van der Waals surface area contributed by atoms with Gasteiger partial charge in [0.1, 0.15) is 0 Å². The average molecular weight is 316 g/mol. The van der Waals surface area contributed by atoms with Gasteiger partial charge in [0.05, 0.1) is 17.8 Å². The van der Waals surface area contributed by atoms with Crippen molar-refractivity contribution in [2.45, 2.75) is 52.7 Å². The molecule has 1 aliphatic rings. The van der Waals surface area contributed by atoms with E-state index in [-0.39, 0.29) is 24.3 Å². The van der Waals surface area contributed by atoms with E-state index < -0.39 is 0 Å². The van der Waals surface area contributed by atoms with Crippen LogP contribution in [0.4, 0.5) is 0 Å². The van der Waals surface area contributed by atoms with E-state index in [4.69, 9.17) is 14.0 Å². The van der Waals surface area contributed by atoms with Gasteiger partial charge in [-0.2, -0.15) is 0 Å². The van der Waals surface area contributed by atoms with Crippen molar-refractivity contribution in [3.05, 3.63) is 35.4 Å². The Hall–Kier alpha value is -1.59. The van der Waals surface area contributed by atoms with E-state index in [1.807, 2.05) is 52.8 Å². The molecule has 0 aromatic heterocycles. The van der Waals surface area contributed by atoms with Gasteiger partial charge in [0.25, 0.3) is 0 Å². The molecule has 5 heteroatoms. The van der Waals surface area contributed by atoms with Crippen molar-refractivity contribution in [2.75, 3.05) is 6.61 Å². The Balaban J connectivity index is 2.16. The lowest BCUT2D eigenvalue weighted by atomic mass is 9.76. The summed E-state index contributed by atoms with van der Waals surface area (Å²) in [5, 5.41) is 0. The van der Waals surface area contributed by atoms with Crippen molar-refractivity contribution in [1.82, 2.24) is 0 Å². The summed E-state index contributed by atoms with van der Waals surface area (Å²) in [6, 6.07) is 5.95. The minimum absolute atomic E-state index is 0.333. The lowest BCUT2D eigenvalue weighted by Gasteiger charge is -2.32. The van der Waals surface area contributed by atoms with Crippen LogP contribution in [0.1, 0.15) is 45.7 Å². The van der Waals surface area contributed by atoms with E-state index in [0.29, 0.717) is 6.61 Å². The van der Waals surface area contributed by atoms with Gasteiger partial charge in [-0.1, -0.05) is 23.8 Å². The normalized spacial score (nSPS) is 19.3. The van der Waals surface area contributed by atoms with Gasteiger partial charge < -0.3 is 14.0 Å². The summed E-state index contributed by atoms with van der Waals surface area (Å²) in [7, 11) is -0.372. The number of hydrogen-bond donors (Lipinski definition) is 0. The van der Waals surface area contributed by atoms with Gasteiger partial charge in [-0.15, -0.1) is 0 Å². The van der Waals surface area contributed by atoms with Gasteiger partial charge in [0.15, 0.2) is 0 Å². The Morgan fingerprint density at radius 1 is 1.22 bits per heavy atom. The number of esters is 1. The van der Waals surface area contributed by atoms with Crippen molar-refractivity contribution in [3.63, 3.8) is 0 Å². The molecule has 0 bridgehead atoms. The molecule has 0 N–H and O–H groups in total. The first-order valence-corrected chi connectivity index (χ1v) is 7.97. The van der Waals surface area contributed by atoms with E-state index in [9.17, 15) is 4.79 Å². The van der Waals surface area contributed by atoms with Crippen molar-refractivity contribution in [3.8, 4) is 0 Å². The van der Waals surface area contributed by atoms with E-state index in [0.717, 1.165) is 16.6 Å². The lowest BCUT2D eigenvalue weighted by Crippen LogP contribution is -2.41. The Kier molecular flexibility index (Phi) is 5.02. The van der Waals surface area contributed by atoms with E-state index in [2.05, 4.69) is 0 Å². The predicted molar refractivity (Wildman–Crippen MR) is 92.6 cm³/mol. The number of rotatable bonds is 4. The molecule has 1 fully saturated rings. The SMILES string of the molecule is CCOC(=O)/C=C/c1ccc(B2OC(C)(C)C(C)(C)O2)c(C)c1. The molecule has 23 heavy (non-hydrogen) atoms. The van der Waals surface area contributed by atoms with Crippen LogP contribution < -0.4 is 5.46 Å². The summed E-state index contributed by atoms with van der Waals surface area (Å²) >= 11 is 0. The molecule has 0 radical (unpaired) electrons.